The molecule has 1 aliphatic carbocycles. The second-order valence-corrected chi connectivity index (χ2v) is 5.48. The number of hydrogen-bond acceptors (Lipinski definition) is 1. The van der Waals surface area contributed by atoms with Gasteiger partial charge in [-0.15, -0.1) is 0 Å². The van der Waals surface area contributed by atoms with Crippen molar-refractivity contribution in [1.82, 2.24) is 4.98 Å². The van der Waals surface area contributed by atoms with E-state index in [1.54, 1.807) is 6.20 Å². The van der Waals surface area contributed by atoms with Gasteiger partial charge < -0.3 is 0 Å². The van der Waals surface area contributed by atoms with E-state index < -0.39 is 5.92 Å². The van der Waals surface area contributed by atoms with Crippen molar-refractivity contribution in [2.45, 2.75) is 37.5 Å². The molecular weight excluding hydrogens is 256 g/mol. The molecule has 20 heavy (non-hydrogen) atoms. The lowest BCUT2D eigenvalue weighted by atomic mass is 9.83. The number of halogens is 2. The summed E-state index contributed by atoms with van der Waals surface area (Å²) in [6, 6.07) is 13.9. The predicted molar refractivity (Wildman–Crippen MR) is 75.8 cm³/mol. The normalized spacial score (nSPS) is 21.6. The number of alkyl halides is 2. The Morgan fingerprint density at radius 1 is 1.05 bits per heavy atom. The molecule has 1 atom stereocenters. The molecule has 3 heteroatoms. The van der Waals surface area contributed by atoms with Gasteiger partial charge in [-0.2, -0.15) is 0 Å². The Labute approximate surface area is 117 Å². The average molecular weight is 273 g/mol. The van der Waals surface area contributed by atoms with Crippen molar-refractivity contribution in [1.29, 1.82) is 0 Å². The van der Waals surface area contributed by atoms with E-state index >= 15 is 0 Å². The Morgan fingerprint density at radius 3 is 2.60 bits per heavy atom. The molecule has 0 radical (unpaired) electrons. The highest BCUT2D eigenvalue weighted by atomic mass is 19.3. The van der Waals surface area contributed by atoms with Gasteiger partial charge in [0.05, 0.1) is 0 Å². The molecule has 0 aliphatic heterocycles. The van der Waals surface area contributed by atoms with Crippen LogP contribution in [-0.2, 0) is 0 Å². The molecular formula is C17H17F2N. The predicted octanol–water partition coefficient (Wildman–Crippen LogP) is 5.04. The van der Waals surface area contributed by atoms with E-state index in [-0.39, 0.29) is 18.8 Å². The van der Waals surface area contributed by atoms with E-state index in [1.807, 2.05) is 42.5 Å². The quantitative estimate of drug-likeness (QED) is 0.746. The molecule has 1 fully saturated rings. The maximum atomic E-state index is 13.5. The van der Waals surface area contributed by atoms with Gasteiger partial charge in [-0.25, -0.2) is 8.78 Å². The molecule has 0 saturated heterocycles. The highest BCUT2D eigenvalue weighted by Crippen LogP contribution is 2.41. The third kappa shape index (κ3) is 2.87. The van der Waals surface area contributed by atoms with Crippen LogP contribution in [0.4, 0.5) is 8.78 Å². The maximum Gasteiger partial charge on any atom is 0.248 e. The van der Waals surface area contributed by atoms with Gasteiger partial charge in [0.25, 0.3) is 0 Å². The molecule has 1 nitrogen and oxygen atoms in total. The molecule has 1 heterocycles. The molecule has 2 aromatic rings. The Hall–Kier alpha value is -1.77. The maximum absolute atomic E-state index is 13.5. The molecule has 1 unspecified atom stereocenters. The Kier molecular flexibility index (Phi) is 3.51. The topological polar surface area (TPSA) is 12.9 Å². The lowest BCUT2D eigenvalue weighted by Gasteiger charge is -2.28. The average Bonchev–Trinajstić information content (AvgIpc) is 2.47. The molecule has 0 amide bonds. The van der Waals surface area contributed by atoms with Crippen molar-refractivity contribution >= 4 is 0 Å². The summed E-state index contributed by atoms with van der Waals surface area (Å²) in [5.74, 6) is -2.66. The van der Waals surface area contributed by atoms with E-state index in [0.717, 1.165) is 23.2 Å². The zero-order valence-corrected chi connectivity index (χ0v) is 11.2. The Balaban J connectivity index is 1.88. The van der Waals surface area contributed by atoms with Gasteiger partial charge in [0.1, 0.15) is 0 Å². The van der Waals surface area contributed by atoms with Gasteiger partial charge in [0.2, 0.25) is 5.92 Å². The molecule has 104 valence electrons. The van der Waals surface area contributed by atoms with Gasteiger partial charge in [-0.05, 0) is 36.1 Å². The van der Waals surface area contributed by atoms with Crippen molar-refractivity contribution < 1.29 is 8.78 Å². The van der Waals surface area contributed by atoms with Crippen molar-refractivity contribution in [2.75, 3.05) is 0 Å². The lowest BCUT2D eigenvalue weighted by molar-refractivity contribution is -0.0412. The number of benzene rings is 1. The van der Waals surface area contributed by atoms with Crippen LogP contribution in [0.25, 0.3) is 11.1 Å². The van der Waals surface area contributed by atoms with Crippen molar-refractivity contribution in [2.24, 2.45) is 0 Å². The van der Waals surface area contributed by atoms with Crippen LogP contribution in [0.5, 0.6) is 0 Å². The van der Waals surface area contributed by atoms with E-state index in [0.29, 0.717) is 6.42 Å². The smallest absolute Gasteiger partial charge is 0.248 e. The van der Waals surface area contributed by atoms with Gasteiger partial charge in [0.15, 0.2) is 0 Å². The van der Waals surface area contributed by atoms with Crippen molar-refractivity contribution in [3.8, 4) is 11.1 Å². The summed E-state index contributed by atoms with van der Waals surface area (Å²) in [6.45, 7) is 0. The minimum Gasteiger partial charge on any atom is -0.261 e. The van der Waals surface area contributed by atoms with E-state index in [1.165, 1.54) is 0 Å². The number of pyridine rings is 1. The summed E-state index contributed by atoms with van der Waals surface area (Å²) in [7, 11) is 0. The van der Waals surface area contributed by atoms with Crippen LogP contribution >= 0.6 is 0 Å². The molecule has 1 aromatic carbocycles. The molecule has 1 saturated carbocycles. The molecule has 0 N–H and O–H groups in total. The van der Waals surface area contributed by atoms with Crippen molar-refractivity contribution in [3.05, 3.63) is 54.4 Å². The van der Waals surface area contributed by atoms with Crippen LogP contribution in [-0.4, -0.2) is 10.9 Å². The van der Waals surface area contributed by atoms with Crippen LogP contribution in [0.2, 0.25) is 0 Å². The van der Waals surface area contributed by atoms with E-state index in [2.05, 4.69) is 4.98 Å². The number of hydrogen-bond donors (Lipinski definition) is 0. The second-order valence-electron chi connectivity index (χ2n) is 5.48. The first-order valence-corrected chi connectivity index (χ1v) is 7.03. The highest BCUT2D eigenvalue weighted by molar-refractivity contribution is 5.63. The fourth-order valence-electron chi connectivity index (χ4n) is 2.91. The second kappa shape index (κ2) is 5.31. The third-order valence-corrected chi connectivity index (χ3v) is 3.95. The minimum absolute atomic E-state index is 0.0157. The van der Waals surface area contributed by atoms with Gasteiger partial charge in [0, 0.05) is 30.7 Å². The molecule has 1 aliphatic rings. The van der Waals surface area contributed by atoms with Crippen LogP contribution in [0.15, 0.2) is 48.7 Å². The molecule has 1 aromatic heterocycles. The first-order chi connectivity index (χ1) is 9.64. The van der Waals surface area contributed by atoms with Gasteiger partial charge in [-0.1, -0.05) is 30.3 Å². The van der Waals surface area contributed by atoms with Crippen LogP contribution in [0.1, 0.15) is 37.3 Å². The van der Waals surface area contributed by atoms with Crippen LogP contribution < -0.4 is 0 Å². The first-order valence-electron chi connectivity index (χ1n) is 7.03. The zero-order chi connectivity index (χ0) is 14.0. The third-order valence-electron chi connectivity index (χ3n) is 3.95. The highest BCUT2D eigenvalue weighted by Gasteiger charge is 2.37. The standard InChI is InChI=1S/C17H17F2N/c18-17(19)9-4-7-15(12-17)16-11-14(8-10-20-16)13-5-2-1-3-6-13/h1-3,5-6,8,10-11,15H,4,7,9,12H2. The molecule has 0 bridgehead atoms. The summed E-state index contributed by atoms with van der Waals surface area (Å²) in [4.78, 5) is 4.32. The summed E-state index contributed by atoms with van der Waals surface area (Å²) in [5, 5.41) is 0. The molecule has 0 spiro atoms. The number of rotatable bonds is 2. The number of nitrogens with zero attached hydrogens (tertiary/aromatic N) is 1. The zero-order valence-electron chi connectivity index (χ0n) is 11.2. The van der Waals surface area contributed by atoms with Crippen LogP contribution in [0, 0.1) is 0 Å². The molecule has 3 rings (SSSR count). The first kappa shape index (κ1) is 13.2. The summed E-state index contributed by atoms with van der Waals surface area (Å²) >= 11 is 0. The van der Waals surface area contributed by atoms with Crippen molar-refractivity contribution in [3.63, 3.8) is 0 Å². The lowest BCUT2D eigenvalue weighted by Crippen LogP contribution is -2.25. The number of aromatic nitrogens is 1. The Bertz CT molecular complexity index is 581. The van der Waals surface area contributed by atoms with Crippen LogP contribution in [0.3, 0.4) is 0 Å². The Morgan fingerprint density at radius 2 is 1.85 bits per heavy atom. The fraction of sp³-hybridized carbons (Fsp3) is 0.353. The SMILES string of the molecule is FC1(F)CCCC(c2cc(-c3ccccc3)ccn2)C1. The monoisotopic (exact) mass is 273 g/mol. The van der Waals surface area contributed by atoms with E-state index in [4.69, 9.17) is 0 Å². The van der Waals surface area contributed by atoms with Gasteiger partial charge in [-0.3, -0.25) is 4.98 Å². The van der Waals surface area contributed by atoms with E-state index in [9.17, 15) is 8.78 Å². The minimum atomic E-state index is -2.53. The largest absolute Gasteiger partial charge is 0.261 e. The fourth-order valence-corrected chi connectivity index (χ4v) is 2.91. The van der Waals surface area contributed by atoms with Gasteiger partial charge >= 0.3 is 0 Å². The summed E-state index contributed by atoms with van der Waals surface area (Å²) < 4.78 is 27.1. The summed E-state index contributed by atoms with van der Waals surface area (Å²) in [6.07, 6.45) is 3.06. The summed E-state index contributed by atoms with van der Waals surface area (Å²) in [5.41, 5.74) is 2.94.